The van der Waals surface area contributed by atoms with Gasteiger partial charge in [-0.15, -0.1) is 0 Å². The van der Waals surface area contributed by atoms with E-state index in [0.717, 1.165) is 25.4 Å². The Bertz CT molecular complexity index is 440. The first-order valence-corrected chi connectivity index (χ1v) is 7.92. The molecule has 1 aromatic rings. The second kappa shape index (κ2) is 6.11. The van der Waals surface area contributed by atoms with Crippen LogP contribution in [0, 0.1) is 5.92 Å². The average molecular weight is 294 g/mol. The van der Waals surface area contributed by atoms with E-state index in [4.69, 9.17) is 9.15 Å². The highest BCUT2D eigenvalue weighted by Crippen LogP contribution is 2.42. The Morgan fingerprint density at radius 1 is 1.24 bits per heavy atom. The van der Waals surface area contributed by atoms with Gasteiger partial charge in [0.05, 0.1) is 24.0 Å². The molecule has 2 heterocycles. The van der Waals surface area contributed by atoms with Crippen molar-refractivity contribution in [1.82, 2.24) is 10.2 Å². The van der Waals surface area contributed by atoms with Crippen LogP contribution in [-0.2, 0) is 11.3 Å². The molecule has 1 aliphatic heterocycles. The second-order valence-corrected chi connectivity index (χ2v) is 7.09. The van der Waals surface area contributed by atoms with Gasteiger partial charge in [0.1, 0.15) is 5.76 Å². The van der Waals surface area contributed by atoms with Crippen LogP contribution in [0.5, 0.6) is 0 Å². The van der Waals surface area contributed by atoms with E-state index in [1.165, 1.54) is 0 Å². The number of rotatable bonds is 6. The zero-order valence-electron chi connectivity index (χ0n) is 14.3. The summed E-state index contributed by atoms with van der Waals surface area (Å²) in [5.41, 5.74) is -0.277. The fourth-order valence-electron chi connectivity index (χ4n) is 3.78. The lowest BCUT2D eigenvalue weighted by molar-refractivity contribution is -0.0795. The first-order chi connectivity index (χ1) is 9.80. The zero-order valence-corrected chi connectivity index (χ0v) is 14.3. The predicted molar refractivity (Wildman–Crippen MR) is 85.2 cm³/mol. The van der Waals surface area contributed by atoms with Gasteiger partial charge in [-0.1, -0.05) is 6.92 Å². The van der Waals surface area contributed by atoms with Gasteiger partial charge >= 0.3 is 0 Å². The second-order valence-electron chi connectivity index (χ2n) is 7.09. The molecule has 4 heteroatoms. The number of ether oxygens (including phenoxy) is 1. The third-order valence-corrected chi connectivity index (χ3v) is 4.74. The number of nitrogens with one attached hydrogen (secondary N) is 1. The number of nitrogens with zero attached hydrogens (tertiary/aromatic N) is 1. The fraction of sp³-hybridized carbons (Fsp3) is 0.765. The Labute approximate surface area is 128 Å². The molecule has 2 atom stereocenters. The maximum Gasteiger partial charge on any atom is 0.117 e. The molecule has 0 saturated carbocycles. The van der Waals surface area contributed by atoms with Gasteiger partial charge in [0.2, 0.25) is 0 Å². The summed E-state index contributed by atoms with van der Waals surface area (Å²) in [6, 6.07) is 4.34. The molecule has 0 bridgehead atoms. The summed E-state index contributed by atoms with van der Waals surface area (Å²) in [6.07, 6.45) is 1.74. The van der Waals surface area contributed by atoms with Crippen molar-refractivity contribution >= 4 is 0 Å². The smallest absolute Gasteiger partial charge is 0.117 e. The summed E-state index contributed by atoms with van der Waals surface area (Å²) >= 11 is 0. The lowest BCUT2D eigenvalue weighted by Crippen LogP contribution is -2.49. The van der Waals surface area contributed by atoms with Crippen molar-refractivity contribution in [3.05, 3.63) is 24.2 Å². The van der Waals surface area contributed by atoms with Crippen LogP contribution >= 0.6 is 0 Å². The minimum Gasteiger partial charge on any atom is -0.468 e. The molecule has 1 aromatic heterocycles. The van der Waals surface area contributed by atoms with Crippen LogP contribution in [0.15, 0.2) is 22.8 Å². The van der Waals surface area contributed by atoms with Gasteiger partial charge in [-0.25, -0.2) is 0 Å². The van der Waals surface area contributed by atoms with E-state index in [9.17, 15) is 0 Å². The van der Waals surface area contributed by atoms with Crippen molar-refractivity contribution in [2.45, 2.75) is 58.4 Å². The minimum absolute atomic E-state index is 0.131. The SMILES string of the molecule is CCN(Cc1ccco1)CC1C(NC)C(C)(C)OC1(C)C. The first-order valence-electron chi connectivity index (χ1n) is 7.92. The van der Waals surface area contributed by atoms with Gasteiger partial charge < -0.3 is 14.5 Å². The number of hydrogen-bond donors (Lipinski definition) is 1. The zero-order chi connectivity index (χ0) is 15.7. The highest BCUT2D eigenvalue weighted by atomic mass is 16.5. The maximum absolute atomic E-state index is 6.32. The molecule has 0 radical (unpaired) electrons. The normalized spacial score (nSPS) is 27.4. The molecule has 0 spiro atoms. The quantitative estimate of drug-likeness (QED) is 0.875. The van der Waals surface area contributed by atoms with Crippen LogP contribution in [0.4, 0.5) is 0 Å². The molecule has 0 aliphatic carbocycles. The molecule has 1 fully saturated rings. The van der Waals surface area contributed by atoms with Gasteiger partial charge in [0.25, 0.3) is 0 Å². The molecule has 120 valence electrons. The third kappa shape index (κ3) is 3.50. The van der Waals surface area contributed by atoms with Crippen molar-refractivity contribution < 1.29 is 9.15 Å². The lowest BCUT2D eigenvalue weighted by Gasteiger charge is -2.33. The van der Waals surface area contributed by atoms with Crippen molar-refractivity contribution in [3.8, 4) is 0 Å². The van der Waals surface area contributed by atoms with Gasteiger partial charge in [0, 0.05) is 18.5 Å². The number of furan rings is 1. The van der Waals surface area contributed by atoms with E-state index < -0.39 is 0 Å². The maximum atomic E-state index is 6.32. The van der Waals surface area contributed by atoms with E-state index in [0.29, 0.717) is 12.0 Å². The molecule has 1 aliphatic rings. The predicted octanol–water partition coefficient (Wildman–Crippen LogP) is 2.89. The molecule has 1 saturated heterocycles. The Balaban J connectivity index is 2.11. The van der Waals surface area contributed by atoms with E-state index in [2.05, 4.69) is 44.8 Å². The molecule has 0 aromatic carbocycles. The van der Waals surface area contributed by atoms with Gasteiger partial charge in [-0.05, 0) is 53.4 Å². The number of likely N-dealkylation sites (N-methyl/N-ethyl adjacent to an activating group) is 1. The van der Waals surface area contributed by atoms with E-state index >= 15 is 0 Å². The van der Waals surface area contributed by atoms with Crippen LogP contribution < -0.4 is 5.32 Å². The van der Waals surface area contributed by atoms with E-state index in [1.54, 1.807) is 6.26 Å². The lowest BCUT2D eigenvalue weighted by atomic mass is 9.82. The van der Waals surface area contributed by atoms with Crippen LogP contribution in [-0.4, -0.2) is 42.3 Å². The van der Waals surface area contributed by atoms with Crippen LogP contribution in [0.1, 0.15) is 40.4 Å². The topological polar surface area (TPSA) is 37.6 Å². The Hall–Kier alpha value is -0.840. The van der Waals surface area contributed by atoms with Gasteiger partial charge in [-0.2, -0.15) is 0 Å². The van der Waals surface area contributed by atoms with Crippen LogP contribution in [0.25, 0.3) is 0 Å². The molecule has 21 heavy (non-hydrogen) atoms. The Morgan fingerprint density at radius 3 is 2.48 bits per heavy atom. The highest BCUT2D eigenvalue weighted by molar-refractivity contribution is 5.06. The van der Waals surface area contributed by atoms with Crippen LogP contribution in [0.2, 0.25) is 0 Å². The van der Waals surface area contributed by atoms with E-state index in [-0.39, 0.29) is 11.2 Å². The van der Waals surface area contributed by atoms with Crippen molar-refractivity contribution in [3.63, 3.8) is 0 Å². The van der Waals surface area contributed by atoms with Crippen molar-refractivity contribution in [2.75, 3.05) is 20.1 Å². The summed E-state index contributed by atoms with van der Waals surface area (Å²) in [7, 11) is 2.03. The largest absolute Gasteiger partial charge is 0.468 e. The molecule has 0 amide bonds. The standard InChI is InChI=1S/C17H30N2O2/c1-7-19(11-13-9-8-10-20-13)12-14-15(18-6)17(4,5)21-16(14,2)3/h8-10,14-15,18H,7,11-12H2,1-6H3. The summed E-state index contributed by atoms with van der Waals surface area (Å²) in [4.78, 5) is 2.43. The molecule has 1 N–H and O–H groups in total. The van der Waals surface area contributed by atoms with E-state index in [1.807, 2.05) is 19.2 Å². The Morgan fingerprint density at radius 2 is 1.95 bits per heavy atom. The third-order valence-electron chi connectivity index (χ3n) is 4.74. The molecular weight excluding hydrogens is 264 g/mol. The highest BCUT2D eigenvalue weighted by Gasteiger charge is 2.53. The summed E-state index contributed by atoms with van der Waals surface area (Å²) in [5.74, 6) is 1.46. The monoisotopic (exact) mass is 294 g/mol. The van der Waals surface area contributed by atoms with Gasteiger partial charge in [0.15, 0.2) is 0 Å². The number of hydrogen-bond acceptors (Lipinski definition) is 4. The minimum atomic E-state index is -0.146. The summed E-state index contributed by atoms with van der Waals surface area (Å²) in [6.45, 7) is 13.8. The van der Waals surface area contributed by atoms with Gasteiger partial charge in [-0.3, -0.25) is 4.90 Å². The molecule has 2 unspecified atom stereocenters. The fourth-order valence-corrected chi connectivity index (χ4v) is 3.78. The van der Waals surface area contributed by atoms with Crippen molar-refractivity contribution in [1.29, 1.82) is 0 Å². The molecule has 2 rings (SSSR count). The average Bonchev–Trinajstić information content (AvgIpc) is 2.93. The molecular formula is C17H30N2O2. The summed E-state index contributed by atoms with van der Waals surface area (Å²) < 4.78 is 11.8. The molecule has 4 nitrogen and oxygen atoms in total. The van der Waals surface area contributed by atoms with Crippen LogP contribution in [0.3, 0.4) is 0 Å². The Kier molecular flexibility index (Phi) is 4.81. The first kappa shape index (κ1) is 16.5. The van der Waals surface area contributed by atoms with Crippen molar-refractivity contribution in [2.24, 2.45) is 5.92 Å². The summed E-state index contributed by atoms with van der Waals surface area (Å²) in [5, 5.41) is 3.47.